The second-order valence-electron chi connectivity index (χ2n) is 8.72. The van der Waals surface area contributed by atoms with Gasteiger partial charge in [-0.2, -0.15) is 0 Å². The highest BCUT2D eigenvalue weighted by atomic mass is 32.1. The Morgan fingerprint density at radius 1 is 1.13 bits per heavy atom. The monoisotopic (exact) mass is 424 g/mol. The fourth-order valence-corrected chi connectivity index (χ4v) is 6.28. The summed E-state index contributed by atoms with van der Waals surface area (Å²) >= 11 is 1.66. The molecule has 1 N–H and O–H groups in total. The predicted molar refractivity (Wildman–Crippen MR) is 118 cm³/mol. The number of piperidine rings is 1. The van der Waals surface area contributed by atoms with Crippen molar-refractivity contribution in [3.05, 3.63) is 46.2 Å². The van der Waals surface area contributed by atoms with Crippen molar-refractivity contribution in [2.24, 2.45) is 0 Å². The van der Waals surface area contributed by atoms with E-state index in [0.29, 0.717) is 23.6 Å². The summed E-state index contributed by atoms with van der Waals surface area (Å²) in [6.07, 6.45) is 8.04. The molecule has 2 aliphatic heterocycles. The molecule has 0 bridgehead atoms. The number of nitrogens with zero attached hydrogens (tertiary/aromatic N) is 1. The zero-order valence-corrected chi connectivity index (χ0v) is 18.0. The number of carbonyl (C=O) groups is 2. The van der Waals surface area contributed by atoms with E-state index in [9.17, 15) is 9.59 Å². The van der Waals surface area contributed by atoms with Crippen molar-refractivity contribution < 1.29 is 14.3 Å². The average Bonchev–Trinajstić information content (AvgIpc) is 3.46. The Balaban J connectivity index is 1.42. The molecule has 1 aromatic heterocycles. The number of amides is 2. The Kier molecular flexibility index (Phi) is 5.27. The summed E-state index contributed by atoms with van der Waals surface area (Å²) in [5.74, 6) is 0.688. The van der Waals surface area contributed by atoms with Gasteiger partial charge >= 0.3 is 0 Å². The Morgan fingerprint density at radius 2 is 2.00 bits per heavy atom. The highest BCUT2D eigenvalue weighted by Gasteiger charge is 2.43. The summed E-state index contributed by atoms with van der Waals surface area (Å²) in [5, 5.41) is 5.17. The fourth-order valence-electron chi connectivity index (χ4n) is 5.29. The van der Waals surface area contributed by atoms with E-state index in [1.165, 1.54) is 6.42 Å². The smallest absolute Gasteiger partial charge is 0.257 e. The number of benzene rings is 1. The Morgan fingerprint density at radius 3 is 2.80 bits per heavy atom. The second-order valence-corrected chi connectivity index (χ2v) is 9.66. The highest BCUT2D eigenvalue weighted by molar-refractivity contribution is 7.10. The molecule has 0 radical (unpaired) electrons. The molecule has 1 unspecified atom stereocenters. The molecule has 5 rings (SSSR count). The van der Waals surface area contributed by atoms with Crippen LogP contribution in [0.3, 0.4) is 0 Å². The molecule has 158 valence electrons. The summed E-state index contributed by atoms with van der Waals surface area (Å²) < 4.78 is 5.93. The van der Waals surface area contributed by atoms with Gasteiger partial charge in [0, 0.05) is 29.6 Å². The summed E-state index contributed by atoms with van der Waals surface area (Å²) in [4.78, 5) is 29.9. The van der Waals surface area contributed by atoms with Crippen LogP contribution < -0.4 is 10.1 Å². The van der Waals surface area contributed by atoms with Gasteiger partial charge in [-0.15, -0.1) is 11.3 Å². The van der Waals surface area contributed by atoms with E-state index in [-0.39, 0.29) is 17.9 Å². The van der Waals surface area contributed by atoms with Gasteiger partial charge in [0.1, 0.15) is 5.75 Å². The number of carbonyl (C=O) groups excluding carboxylic acids is 2. The number of hydrogen-bond acceptors (Lipinski definition) is 4. The molecule has 2 aromatic rings. The van der Waals surface area contributed by atoms with Crippen LogP contribution in [0, 0.1) is 0 Å². The van der Waals surface area contributed by atoms with Crippen LogP contribution in [-0.4, -0.2) is 35.9 Å². The van der Waals surface area contributed by atoms with Gasteiger partial charge in [0.2, 0.25) is 5.91 Å². The van der Waals surface area contributed by atoms with Crippen LogP contribution in [0.25, 0.3) is 0 Å². The standard InChI is InChI=1S/C24H28N2O3S/c27-22-19-16-17(8-9-20(19)29-14-10-18-6-1-4-13-26(18)22)25-23(28)24(11-2-3-12-24)21-7-5-15-30-21/h5,7-9,15-16,18H,1-4,6,10-14H2,(H,25,28). The molecule has 3 aliphatic rings. The van der Waals surface area contributed by atoms with E-state index in [0.717, 1.165) is 56.4 Å². The van der Waals surface area contributed by atoms with Crippen LogP contribution in [-0.2, 0) is 10.2 Å². The molecule has 3 heterocycles. The number of anilines is 1. The maximum absolute atomic E-state index is 13.4. The fraction of sp³-hybridized carbons (Fsp3) is 0.500. The zero-order chi connectivity index (χ0) is 20.6. The molecule has 6 heteroatoms. The van der Waals surface area contributed by atoms with Crippen LogP contribution in [0.2, 0.25) is 0 Å². The van der Waals surface area contributed by atoms with Crippen LogP contribution in [0.5, 0.6) is 5.75 Å². The van der Waals surface area contributed by atoms with Crippen LogP contribution in [0.15, 0.2) is 35.7 Å². The highest BCUT2D eigenvalue weighted by Crippen LogP contribution is 2.44. The molecule has 1 aromatic carbocycles. The Hall–Kier alpha value is -2.34. The summed E-state index contributed by atoms with van der Waals surface area (Å²) in [7, 11) is 0. The third-order valence-electron chi connectivity index (χ3n) is 6.95. The minimum Gasteiger partial charge on any atom is -0.493 e. The number of rotatable bonds is 3. The van der Waals surface area contributed by atoms with Gasteiger partial charge in [0.15, 0.2) is 0 Å². The largest absolute Gasteiger partial charge is 0.493 e. The lowest BCUT2D eigenvalue weighted by Gasteiger charge is -2.37. The van der Waals surface area contributed by atoms with Crippen LogP contribution in [0.4, 0.5) is 5.69 Å². The molecule has 30 heavy (non-hydrogen) atoms. The molecular formula is C24H28N2O3S. The lowest BCUT2D eigenvalue weighted by molar-refractivity contribution is -0.121. The molecule has 1 saturated heterocycles. The van der Waals surface area contributed by atoms with Gasteiger partial charge in [-0.05, 0) is 61.7 Å². The summed E-state index contributed by atoms with van der Waals surface area (Å²) in [6.45, 7) is 1.43. The molecule has 2 amide bonds. The van der Waals surface area contributed by atoms with Gasteiger partial charge in [-0.1, -0.05) is 18.9 Å². The maximum atomic E-state index is 13.4. The van der Waals surface area contributed by atoms with Gasteiger partial charge in [-0.25, -0.2) is 0 Å². The lowest BCUT2D eigenvalue weighted by atomic mass is 9.83. The van der Waals surface area contributed by atoms with Crippen LogP contribution in [0.1, 0.15) is 66.6 Å². The number of nitrogens with one attached hydrogen (secondary N) is 1. The first-order valence-electron chi connectivity index (χ1n) is 11.1. The van der Waals surface area contributed by atoms with Gasteiger partial charge in [-0.3, -0.25) is 9.59 Å². The zero-order valence-electron chi connectivity index (χ0n) is 17.2. The molecule has 1 atom stereocenters. The second kappa shape index (κ2) is 8.06. The van der Waals surface area contributed by atoms with E-state index in [4.69, 9.17) is 4.74 Å². The lowest BCUT2D eigenvalue weighted by Crippen LogP contribution is -2.45. The maximum Gasteiger partial charge on any atom is 0.257 e. The molecule has 1 saturated carbocycles. The SMILES string of the molecule is O=C1c2cc(NC(=O)C3(c4cccs4)CCCC3)ccc2OCCC2CCCCN12. The number of thiophene rings is 1. The normalized spacial score (nSPS) is 23.0. The first-order valence-corrected chi connectivity index (χ1v) is 12.0. The van der Waals surface area contributed by atoms with E-state index in [2.05, 4.69) is 11.4 Å². The van der Waals surface area contributed by atoms with Crippen molar-refractivity contribution in [2.45, 2.75) is 62.8 Å². The van der Waals surface area contributed by atoms with Gasteiger partial charge in [0.25, 0.3) is 5.91 Å². The Bertz CT molecular complexity index is 934. The number of fused-ring (bicyclic) bond motifs is 2. The van der Waals surface area contributed by atoms with Crippen molar-refractivity contribution >= 4 is 28.8 Å². The van der Waals surface area contributed by atoms with E-state index in [1.807, 2.05) is 34.5 Å². The third-order valence-corrected chi connectivity index (χ3v) is 8.02. The summed E-state index contributed by atoms with van der Waals surface area (Å²) in [5.41, 5.74) is 0.792. The average molecular weight is 425 g/mol. The van der Waals surface area contributed by atoms with Crippen molar-refractivity contribution in [3.8, 4) is 5.75 Å². The number of ether oxygens (including phenoxy) is 1. The quantitative estimate of drug-likeness (QED) is 0.756. The van der Waals surface area contributed by atoms with Gasteiger partial charge in [0.05, 0.1) is 17.6 Å². The Labute approximate surface area is 181 Å². The predicted octanol–water partition coefficient (Wildman–Crippen LogP) is 4.98. The van der Waals surface area contributed by atoms with E-state index in [1.54, 1.807) is 11.3 Å². The molecule has 2 fully saturated rings. The first kappa shape index (κ1) is 19.6. The first-order chi connectivity index (χ1) is 14.7. The molecule has 1 aliphatic carbocycles. The molecule has 5 nitrogen and oxygen atoms in total. The minimum absolute atomic E-state index is 0.0272. The minimum atomic E-state index is -0.448. The summed E-state index contributed by atoms with van der Waals surface area (Å²) in [6, 6.07) is 9.85. The van der Waals surface area contributed by atoms with Crippen molar-refractivity contribution in [1.82, 2.24) is 4.90 Å². The van der Waals surface area contributed by atoms with Crippen LogP contribution >= 0.6 is 11.3 Å². The van der Waals surface area contributed by atoms with Crippen molar-refractivity contribution in [3.63, 3.8) is 0 Å². The van der Waals surface area contributed by atoms with Crippen molar-refractivity contribution in [1.29, 1.82) is 0 Å². The van der Waals surface area contributed by atoms with E-state index >= 15 is 0 Å². The topological polar surface area (TPSA) is 58.6 Å². The third kappa shape index (κ3) is 3.41. The van der Waals surface area contributed by atoms with E-state index < -0.39 is 5.41 Å². The molecular weight excluding hydrogens is 396 g/mol. The van der Waals surface area contributed by atoms with Gasteiger partial charge < -0.3 is 15.0 Å². The number of hydrogen-bond donors (Lipinski definition) is 1. The van der Waals surface area contributed by atoms with Crippen molar-refractivity contribution in [2.75, 3.05) is 18.5 Å². The molecule has 0 spiro atoms.